The van der Waals surface area contributed by atoms with Crippen LogP contribution in [0.2, 0.25) is 0 Å². The molecule has 1 fully saturated rings. The first-order valence-corrected chi connectivity index (χ1v) is 10.0. The second kappa shape index (κ2) is 9.24. The van der Waals surface area contributed by atoms with Gasteiger partial charge in [0.15, 0.2) is 0 Å². The molecule has 28 heavy (non-hydrogen) atoms. The van der Waals surface area contributed by atoms with Crippen LogP contribution in [0.1, 0.15) is 45.3 Å². The number of aromatic nitrogens is 1. The van der Waals surface area contributed by atoms with Crippen molar-refractivity contribution in [1.29, 1.82) is 0 Å². The monoisotopic (exact) mass is 385 g/mol. The summed E-state index contributed by atoms with van der Waals surface area (Å²) in [6.45, 7) is 10.8. The van der Waals surface area contributed by atoms with E-state index in [0.29, 0.717) is 19.6 Å². The van der Waals surface area contributed by atoms with Crippen LogP contribution in [0.15, 0.2) is 40.9 Å². The van der Waals surface area contributed by atoms with Crippen molar-refractivity contribution >= 4 is 5.91 Å². The van der Waals surface area contributed by atoms with Crippen molar-refractivity contribution in [1.82, 2.24) is 14.8 Å². The molecule has 6 nitrogen and oxygen atoms in total. The predicted octanol–water partition coefficient (Wildman–Crippen LogP) is 3.48. The Bertz CT molecular complexity index is 752. The van der Waals surface area contributed by atoms with Crippen molar-refractivity contribution in [3.8, 4) is 5.75 Å². The number of oxazole rings is 1. The Hall–Kier alpha value is -2.34. The van der Waals surface area contributed by atoms with Crippen LogP contribution in [0.5, 0.6) is 5.75 Å². The molecular weight excluding hydrogens is 354 g/mol. The smallest absolute Gasteiger partial charge is 0.226 e. The maximum atomic E-state index is 12.5. The van der Waals surface area contributed by atoms with Crippen LogP contribution in [0.25, 0.3) is 0 Å². The molecule has 1 aromatic heterocycles. The lowest BCUT2D eigenvalue weighted by molar-refractivity contribution is -0.131. The number of ether oxygens (including phenoxy) is 1. The summed E-state index contributed by atoms with van der Waals surface area (Å²) in [5, 5.41) is 0. The zero-order chi connectivity index (χ0) is 20.0. The summed E-state index contributed by atoms with van der Waals surface area (Å²) in [5.41, 5.74) is -0.0327. The average molecular weight is 386 g/mol. The molecule has 6 heteroatoms. The van der Waals surface area contributed by atoms with Gasteiger partial charge in [-0.2, -0.15) is 0 Å². The number of rotatable bonds is 6. The normalized spacial score (nSPS) is 16.0. The maximum absolute atomic E-state index is 12.5. The molecule has 1 aliphatic heterocycles. The molecule has 1 amide bonds. The minimum absolute atomic E-state index is 0.0327. The van der Waals surface area contributed by atoms with E-state index in [9.17, 15) is 4.79 Å². The van der Waals surface area contributed by atoms with E-state index in [1.807, 2.05) is 41.4 Å². The van der Waals surface area contributed by atoms with Crippen molar-refractivity contribution in [3.63, 3.8) is 0 Å². The predicted molar refractivity (Wildman–Crippen MR) is 108 cm³/mol. The standard InChI is InChI=1S/C22H31N3O3/c1-22(2,3)19-16-23-20(28-19)17-24-11-7-12-25(14-13-24)21(26)10-15-27-18-8-5-4-6-9-18/h4-6,8-9,16H,7,10-15,17H2,1-3H3. The van der Waals surface area contributed by atoms with Gasteiger partial charge in [0.2, 0.25) is 11.8 Å². The van der Waals surface area contributed by atoms with E-state index in [4.69, 9.17) is 9.15 Å². The molecule has 0 bridgehead atoms. The van der Waals surface area contributed by atoms with E-state index in [2.05, 4.69) is 30.7 Å². The number of benzene rings is 1. The summed E-state index contributed by atoms with van der Waals surface area (Å²) < 4.78 is 11.6. The van der Waals surface area contributed by atoms with Crippen molar-refractivity contribution in [2.24, 2.45) is 0 Å². The third kappa shape index (κ3) is 5.83. The summed E-state index contributed by atoms with van der Waals surface area (Å²) >= 11 is 0. The minimum atomic E-state index is -0.0327. The second-order valence-electron chi connectivity index (χ2n) is 8.29. The quantitative estimate of drug-likeness (QED) is 0.762. The van der Waals surface area contributed by atoms with Crippen LogP contribution in [0.4, 0.5) is 0 Å². The summed E-state index contributed by atoms with van der Waals surface area (Å²) in [7, 11) is 0. The fraction of sp³-hybridized carbons (Fsp3) is 0.545. The zero-order valence-electron chi connectivity index (χ0n) is 17.2. The van der Waals surface area contributed by atoms with Crippen LogP contribution in [0, 0.1) is 0 Å². The molecule has 1 aliphatic rings. The van der Waals surface area contributed by atoms with Gasteiger partial charge in [0.05, 0.1) is 25.8 Å². The second-order valence-corrected chi connectivity index (χ2v) is 8.29. The van der Waals surface area contributed by atoms with Crippen LogP contribution < -0.4 is 4.74 Å². The van der Waals surface area contributed by atoms with Crippen LogP contribution in [-0.2, 0) is 16.8 Å². The molecule has 2 aromatic rings. The molecule has 0 radical (unpaired) electrons. The van der Waals surface area contributed by atoms with Crippen molar-refractivity contribution < 1.29 is 13.9 Å². The summed E-state index contributed by atoms with van der Waals surface area (Å²) in [5.74, 6) is 2.62. The Balaban J connectivity index is 1.43. The highest BCUT2D eigenvalue weighted by molar-refractivity contribution is 5.76. The highest BCUT2D eigenvalue weighted by Gasteiger charge is 2.22. The number of amides is 1. The van der Waals surface area contributed by atoms with Gasteiger partial charge in [0, 0.05) is 31.6 Å². The zero-order valence-corrected chi connectivity index (χ0v) is 17.2. The third-order valence-electron chi connectivity index (χ3n) is 4.92. The fourth-order valence-corrected chi connectivity index (χ4v) is 3.23. The molecule has 1 saturated heterocycles. The minimum Gasteiger partial charge on any atom is -0.493 e. The lowest BCUT2D eigenvalue weighted by Gasteiger charge is -2.21. The lowest BCUT2D eigenvalue weighted by atomic mass is 9.94. The van der Waals surface area contributed by atoms with E-state index in [1.165, 1.54) is 0 Å². The molecule has 0 atom stereocenters. The largest absolute Gasteiger partial charge is 0.493 e. The number of hydrogen-bond acceptors (Lipinski definition) is 5. The van der Waals surface area contributed by atoms with Gasteiger partial charge in [0.1, 0.15) is 11.5 Å². The fourth-order valence-electron chi connectivity index (χ4n) is 3.23. The van der Waals surface area contributed by atoms with Crippen LogP contribution >= 0.6 is 0 Å². The number of para-hydroxylation sites is 1. The molecule has 3 rings (SSSR count). The maximum Gasteiger partial charge on any atom is 0.226 e. The van der Waals surface area contributed by atoms with E-state index in [1.54, 1.807) is 0 Å². The van der Waals surface area contributed by atoms with E-state index >= 15 is 0 Å². The number of carbonyl (C=O) groups excluding carboxylic acids is 1. The Morgan fingerprint density at radius 1 is 1.14 bits per heavy atom. The SMILES string of the molecule is CC(C)(C)c1cnc(CN2CCCN(C(=O)CCOc3ccccc3)CC2)o1. The molecule has 0 spiro atoms. The average Bonchev–Trinajstić information content (AvgIpc) is 3.01. The van der Waals surface area contributed by atoms with Crippen molar-refractivity contribution in [2.45, 2.75) is 45.6 Å². The van der Waals surface area contributed by atoms with Crippen LogP contribution in [-0.4, -0.2) is 53.5 Å². The van der Waals surface area contributed by atoms with Gasteiger partial charge in [-0.1, -0.05) is 39.0 Å². The molecular formula is C22H31N3O3. The Kier molecular flexibility index (Phi) is 6.73. The van der Waals surface area contributed by atoms with E-state index < -0.39 is 0 Å². The van der Waals surface area contributed by atoms with Gasteiger partial charge in [-0.15, -0.1) is 0 Å². The number of hydrogen-bond donors (Lipinski definition) is 0. The summed E-state index contributed by atoms with van der Waals surface area (Å²) in [4.78, 5) is 21.2. The van der Waals surface area contributed by atoms with Gasteiger partial charge < -0.3 is 14.1 Å². The summed E-state index contributed by atoms with van der Waals surface area (Å²) in [6, 6.07) is 9.62. The first kappa shape index (κ1) is 20.4. The number of carbonyl (C=O) groups is 1. The number of nitrogens with zero attached hydrogens (tertiary/aromatic N) is 3. The van der Waals surface area contributed by atoms with Gasteiger partial charge in [-0.05, 0) is 18.6 Å². The van der Waals surface area contributed by atoms with Gasteiger partial charge in [-0.25, -0.2) is 4.98 Å². The first-order chi connectivity index (χ1) is 13.4. The topological polar surface area (TPSA) is 58.8 Å². The molecule has 1 aromatic carbocycles. The van der Waals surface area contributed by atoms with E-state index in [-0.39, 0.29) is 11.3 Å². The van der Waals surface area contributed by atoms with Gasteiger partial charge in [-0.3, -0.25) is 9.69 Å². The van der Waals surface area contributed by atoms with Crippen molar-refractivity contribution in [2.75, 3.05) is 32.8 Å². The highest BCUT2D eigenvalue weighted by Crippen LogP contribution is 2.23. The highest BCUT2D eigenvalue weighted by atomic mass is 16.5. The molecule has 0 unspecified atom stereocenters. The molecule has 0 aliphatic carbocycles. The van der Waals surface area contributed by atoms with Gasteiger partial charge in [0.25, 0.3) is 0 Å². The molecule has 0 N–H and O–H groups in total. The first-order valence-electron chi connectivity index (χ1n) is 10.0. The van der Waals surface area contributed by atoms with Crippen LogP contribution in [0.3, 0.4) is 0 Å². The Morgan fingerprint density at radius 2 is 1.93 bits per heavy atom. The Labute approximate surface area is 167 Å². The summed E-state index contributed by atoms with van der Waals surface area (Å²) in [6.07, 6.45) is 3.19. The lowest BCUT2D eigenvalue weighted by Crippen LogP contribution is -2.35. The molecule has 0 saturated carbocycles. The third-order valence-corrected chi connectivity index (χ3v) is 4.92. The Morgan fingerprint density at radius 3 is 2.64 bits per heavy atom. The van der Waals surface area contributed by atoms with E-state index in [0.717, 1.165) is 50.0 Å². The van der Waals surface area contributed by atoms with Gasteiger partial charge >= 0.3 is 0 Å². The van der Waals surface area contributed by atoms with Crippen molar-refractivity contribution in [3.05, 3.63) is 48.2 Å². The molecule has 152 valence electrons. The molecule has 2 heterocycles.